The van der Waals surface area contributed by atoms with Gasteiger partial charge in [-0.25, -0.2) is 9.78 Å². The largest absolute Gasteiger partial charge is 0.415 e. The maximum absolute atomic E-state index is 12.7. The first-order valence-corrected chi connectivity index (χ1v) is 10.1. The van der Waals surface area contributed by atoms with Gasteiger partial charge in [-0.2, -0.15) is 0 Å². The molecule has 1 aromatic heterocycles. The van der Waals surface area contributed by atoms with Crippen LogP contribution in [0.15, 0.2) is 41.0 Å². The first-order chi connectivity index (χ1) is 13.6. The van der Waals surface area contributed by atoms with Crippen molar-refractivity contribution in [2.24, 2.45) is 0 Å². The average molecular weight is 463 g/mol. The SMILES string of the molecule is CC(C)(C)N(C(=O)Oc1ccc(Nc2ncc(Br)cc2[N+](=O)[O-])cc1)C1CCC1. The van der Waals surface area contributed by atoms with Gasteiger partial charge in [0.2, 0.25) is 5.82 Å². The van der Waals surface area contributed by atoms with Gasteiger partial charge in [0.1, 0.15) is 5.75 Å². The number of benzene rings is 1. The second kappa shape index (κ2) is 8.36. The molecule has 0 unspecified atom stereocenters. The summed E-state index contributed by atoms with van der Waals surface area (Å²) < 4.78 is 6.09. The molecule has 0 atom stereocenters. The summed E-state index contributed by atoms with van der Waals surface area (Å²) >= 11 is 3.18. The topological polar surface area (TPSA) is 97.6 Å². The number of nitrogens with one attached hydrogen (secondary N) is 1. The van der Waals surface area contributed by atoms with Crippen LogP contribution in [0.5, 0.6) is 5.75 Å². The molecule has 1 aliphatic carbocycles. The zero-order chi connectivity index (χ0) is 21.2. The fraction of sp³-hybridized carbons (Fsp3) is 0.400. The Morgan fingerprint density at radius 3 is 2.48 bits per heavy atom. The molecular formula is C20H23BrN4O4. The Labute approximate surface area is 177 Å². The summed E-state index contributed by atoms with van der Waals surface area (Å²) in [5, 5.41) is 14.1. The molecule has 1 heterocycles. The molecule has 2 aromatic rings. The molecule has 8 nitrogen and oxygen atoms in total. The van der Waals surface area contributed by atoms with E-state index in [-0.39, 0.29) is 29.2 Å². The standard InChI is InChI=1S/C20H23BrN4O4/c1-20(2,3)24(15-5-4-6-15)19(26)29-16-9-7-14(8-10-16)23-18-17(25(27)28)11-13(21)12-22-18/h7-12,15H,4-6H2,1-3H3,(H,22,23). The van der Waals surface area contributed by atoms with E-state index in [9.17, 15) is 14.9 Å². The lowest BCUT2D eigenvalue weighted by atomic mass is 9.88. The van der Waals surface area contributed by atoms with Gasteiger partial charge in [-0.15, -0.1) is 0 Å². The summed E-state index contributed by atoms with van der Waals surface area (Å²) in [5.41, 5.74) is 0.126. The number of aromatic nitrogens is 1. The number of hydrogen-bond acceptors (Lipinski definition) is 6. The predicted molar refractivity (Wildman–Crippen MR) is 114 cm³/mol. The number of anilines is 2. The monoisotopic (exact) mass is 462 g/mol. The summed E-state index contributed by atoms with van der Waals surface area (Å²) in [5.74, 6) is 0.541. The molecule has 0 spiro atoms. The van der Waals surface area contributed by atoms with E-state index in [4.69, 9.17) is 4.74 Å². The molecule has 29 heavy (non-hydrogen) atoms. The lowest BCUT2D eigenvalue weighted by molar-refractivity contribution is -0.384. The van der Waals surface area contributed by atoms with Crippen molar-refractivity contribution in [1.82, 2.24) is 9.88 Å². The minimum atomic E-state index is -0.502. The molecule has 1 N–H and O–H groups in total. The van der Waals surface area contributed by atoms with E-state index in [1.807, 2.05) is 20.8 Å². The third-order valence-electron chi connectivity index (χ3n) is 4.71. The maximum Gasteiger partial charge on any atom is 0.415 e. The Hall–Kier alpha value is -2.68. The summed E-state index contributed by atoms with van der Waals surface area (Å²) in [7, 11) is 0. The normalized spacial score (nSPS) is 14.1. The first kappa shape index (κ1) is 21.0. The Morgan fingerprint density at radius 2 is 1.97 bits per heavy atom. The minimum Gasteiger partial charge on any atom is -0.410 e. The number of nitrogens with zero attached hydrogens (tertiary/aromatic N) is 3. The molecule has 154 valence electrons. The van der Waals surface area contributed by atoms with Gasteiger partial charge >= 0.3 is 11.8 Å². The molecule has 0 bridgehead atoms. The Bertz CT molecular complexity index is 908. The number of pyridine rings is 1. The van der Waals surface area contributed by atoms with Gasteiger partial charge in [-0.3, -0.25) is 10.1 Å². The zero-order valence-corrected chi connectivity index (χ0v) is 18.1. The Morgan fingerprint density at radius 1 is 1.31 bits per heavy atom. The van der Waals surface area contributed by atoms with Crippen molar-refractivity contribution in [3.63, 3.8) is 0 Å². The van der Waals surface area contributed by atoms with Crippen molar-refractivity contribution < 1.29 is 14.5 Å². The molecule has 9 heteroatoms. The molecule has 1 saturated carbocycles. The molecule has 0 saturated heterocycles. The van der Waals surface area contributed by atoms with E-state index >= 15 is 0 Å². The van der Waals surface area contributed by atoms with E-state index in [1.165, 1.54) is 12.3 Å². The van der Waals surface area contributed by atoms with Crippen LogP contribution in [0.4, 0.5) is 22.0 Å². The second-order valence-corrected chi connectivity index (χ2v) is 8.84. The van der Waals surface area contributed by atoms with Crippen molar-refractivity contribution in [2.75, 3.05) is 5.32 Å². The lowest BCUT2D eigenvalue weighted by Crippen LogP contribution is -2.55. The highest BCUT2D eigenvalue weighted by molar-refractivity contribution is 9.10. The molecular weight excluding hydrogens is 440 g/mol. The van der Waals surface area contributed by atoms with Crippen LogP contribution in [-0.2, 0) is 0 Å². The smallest absolute Gasteiger partial charge is 0.410 e. The number of halogens is 1. The van der Waals surface area contributed by atoms with Crippen molar-refractivity contribution in [3.8, 4) is 5.75 Å². The van der Waals surface area contributed by atoms with Gasteiger partial charge in [0.05, 0.1) is 4.92 Å². The van der Waals surface area contributed by atoms with Crippen LogP contribution >= 0.6 is 15.9 Å². The summed E-state index contributed by atoms with van der Waals surface area (Å²) in [6, 6.07) is 8.25. The maximum atomic E-state index is 12.7. The van der Waals surface area contributed by atoms with Crippen LogP contribution in [0.25, 0.3) is 0 Å². The number of amides is 1. The fourth-order valence-electron chi connectivity index (χ4n) is 3.17. The number of ether oxygens (including phenoxy) is 1. The van der Waals surface area contributed by atoms with Crippen LogP contribution in [-0.4, -0.2) is 32.5 Å². The van der Waals surface area contributed by atoms with Crippen LogP contribution in [0.2, 0.25) is 0 Å². The minimum absolute atomic E-state index is 0.131. The van der Waals surface area contributed by atoms with Gasteiger partial charge in [-0.05, 0) is 80.2 Å². The van der Waals surface area contributed by atoms with Crippen molar-refractivity contribution in [3.05, 3.63) is 51.1 Å². The van der Waals surface area contributed by atoms with Crippen LogP contribution in [0.1, 0.15) is 40.0 Å². The Kier molecular flexibility index (Phi) is 6.07. The molecule has 1 amide bonds. The van der Waals surface area contributed by atoms with Crippen LogP contribution in [0.3, 0.4) is 0 Å². The zero-order valence-electron chi connectivity index (χ0n) is 16.5. The Balaban J connectivity index is 1.71. The lowest BCUT2D eigenvalue weighted by Gasteiger charge is -2.44. The number of carbonyl (C=O) groups excluding carboxylic acids is 1. The number of rotatable bonds is 5. The van der Waals surface area contributed by atoms with Gasteiger partial charge in [0.25, 0.3) is 0 Å². The molecule has 1 fully saturated rings. The number of hydrogen-bond donors (Lipinski definition) is 1. The van der Waals surface area contributed by atoms with Crippen molar-refractivity contribution in [1.29, 1.82) is 0 Å². The van der Waals surface area contributed by atoms with Crippen LogP contribution < -0.4 is 10.1 Å². The fourth-order valence-corrected chi connectivity index (χ4v) is 3.49. The van der Waals surface area contributed by atoms with E-state index in [2.05, 4.69) is 26.2 Å². The third-order valence-corrected chi connectivity index (χ3v) is 5.15. The highest BCUT2D eigenvalue weighted by atomic mass is 79.9. The van der Waals surface area contributed by atoms with E-state index < -0.39 is 4.92 Å². The third kappa shape index (κ3) is 5.03. The van der Waals surface area contributed by atoms with Gasteiger partial charge in [0, 0.05) is 34.0 Å². The van der Waals surface area contributed by atoms with Crippen molar-refractivity contribution >= 4 is 39.2 Å². The highest BCUT2D eigenvalue weighted by Crippen LogP contribution is 2.32. The van der Waals surface area contributed by atoms with Crippen LogP contribution in [0, 0.1) is 10.1 Å². The first-order valence-electron chi connectivity index (χ1n) is 9.33. The van der Waals surface area contributed by atoms with E-state index in [0.717, 1.165) is 19.3 Å². The van der Waals surface area contributed by atoms with E-state index in [1.54, 1.807) is 29.2 Å². The second-order valence-electron chi connectivity index (χ2n) is 7.92. The number of nitro groups is 1. The quantitative estimate of drug-likeness (QED) is 0.455. The number of carbonyl (C=O) groups is 1. The van der Waals surface area contributed by atoms with Crippen molar-refractivity contribution in [2.45, 2.75) is 51.6 Å². The molecule has 3 rings (SSSR count). The van der Waals surface area contributed by atoms with Gasteiger partial charge < -0.3 is 15.0 Å². The molecule has 0 radical (unpaired) electrons. The molecule has 1 aromatic carbocycles. The summed E-state index contributed by atoms with van der Waals surface area (Å²) in [6.45, 7) is 5.99. The predicted octanol–water partition coefficient (Wildman–Crippen LogP) is 5.65. The average Bonchev–Trinajstić information content (AvgIpc) is 2.59. The van der Waals surface area contributed by atoms with Gasteiger partial charge in [0.15, 0.2) is 0 Å². The highest BCUT2D eigenvalue weighted by Gasteiger charge is 2.37. The molecule has 1 aliphatic rings. The van der Waals surface area contributed by atoms with E-state index in [0.29, 0.717) is 15.9 Å². The summed E-state index contributed by atoms with van der Waals surface area (Å²) in [4.78, 5) is 29.3. The molecule has 0 aliphatic heterocycles. The van der Waals surface area contributed by atoms with Gasteiger partial charge in [-0.1, -0.05) is 0 Å². The summed E-state index contributed by atoms with van der Waals surface area (Å²) in [6.07, 6.45) is 4.23.